The fourth-order valence-electron chi connectivity index (χ4n) is 3.55. The third-order valence-electron chi connectivity index (χ3n) is 5.64. The molecular formula is C22H28N2O5S. The number of amides is 1. The lowest BCUT2D eigenvalue weighted by molar-refractivity contribution is 0.0697. The molecule has 0 aliphatic carbocycles. The van der Waals surface area contributed by atoms with Crippen molar-refractivity contribution in [3.63, 3.8) is 0 Å². The first-order valence-corrected chi connectivity index (χ1v) is 11.2. The number of hydrogen-bond acceptors (Lipinski definition) is 5. The van der Waals surface area contributed by atoms with Crippen LogP contribution in [0.2, 0.25) is 0 Å². The molecule has 0 aromatic heterocycles. The number of methoxy groups -OCH3 is 2. The Morgan fingerprint density at radius 2 is 1.43 bits per heavy atom. The van der Waals surface area contributed by atoms with Crippen LogP contribution in [0, 0.1) is 20.8 Å². The summed E-state index contributed by atoms with van der Waals surface area (Å²) in [7, 11) is -0.491. The molecule has 30 heavy (non-hydrogen) atoms. The molecular weight excluding hydrogens is 404 g/mol. The maximum Gasteiger partial charge on any atom is 0.254 e. The van der Waals surface area contributed by atoms with Gasteiger partial charge in [-0.1, -0.05) is 6.07 Å². The van der Waals surface area contributed by atoms with E-state index in [1.807, 2.05) is 26.8 Å². The monoisotopic (exact) mass is 432 g/mol. The average Bonchev–Trinajstić information content (AvgIpc) is 2.75. The van der Waals surface area contributed by atoms with Crippen LogP contribution in [-0.4, -0.2) is 63.9 Å². The number of aryl methyl sites for hydroxylation is 2. The van der Waals surface area contributed by atoms with Crippen LogP contribution in [0.15, 0.2) is 35.2 Å². The zero-order valence-corrected chi connectivity index (χ0v) is 18.9. The van der Waals surface area contributed by atoms with E-state index in [4.69, 9.17) is 9.47 Å². The highest BCUT2D eigenvalue weighted by Gasteiger charge is 2.31. The van der Waals surface area contributed by atoms with E-state index in [2.05, 4.69) is 0 Å². The van der Waals surface area contributed by atoms with Crippen LogP contribution < -0.4 is 9.47 Å². The number of benzene rings is 2. The quantitative estimate of drug-likeness (QED) is 0.726. The minimum absolute atomic E-state index is 0.171. The molecule has 1 aliphatic heterocycles. The highest BCUT2D eigenvalue weighted by molar-refractivity contribution is 7.89. The Kier molecular flexibility index (Phi) is 6.38. The van der Waals surface area contributed by atoms with Gasteiger partial charge in [0.1, 0.15) is 11.5 Å². The van der Waals surface area contributed by atoms with Gasteiger partial charge in [0.05, 0.1) is 19.1 Å². The molecule has 1 aliphatic rings. The van der Waals surface area contributed by atoms with Gasteiger partial charge in [0.2, 0.25) is 10.0 Å². The largest absolute Gasteiger partial charge is 0.496 e. The standard InChI is InChI=1S/C22H28N2O5S/c1-15-6-7-19(12-16(15)2)30(26,27)24-10-8-23(9-11-24)22(25)18-13-20(28-4)17(3)21(14-18)29-5/h6-7,12-14H,8-11H2,1-5H3. The predicted molar refractivity (Wildman–Crippen MR) is 115 cm³/mol. The van der Waals surface area contributed by atoms with E-state index in [-0.39, 0.29) is 19.0 Å². The molecule has 0 saturated carbocycles. The van der Waals surface area contributed by atoms with Gasteiger partial charge in [0.15, 0.2) is 0 Å². The van der Waals surface area contributed by atoms with Crippen molar-refractivity contribution in [3.05, 3.63) is 52.6 Å². The normalized spacial score (nSPS) is 15.2. The number of ether oxygens (including phenoxy) is 2. The van der Waals surface area contributed by atoms with Gasteiger partial charge in [0.25, 0.3) is 5.91 Å². The van der Waals surface area contributed by atoms with Crippen molar-refractivity contribution in [2.75, 3.05) is 40.4 Å². The van der Waals surface area contributed by atoms with E-state index in [0.29, 0.717) is 35.0 Å². The third kappa shape index (κ3) is 4.15. The molecule has 0 radical (unpaired) electrons. The summed E-state index contributed by atoms with van der Waals surface area (Å²) in [6, 6.07) is 8.55. The molecule has 2 aromatic rings. The van der Waals surface area contributed by atoms with Crippen molar-refractivity contribution in [2.24, 2.45) is 0 Å². The lowest BCUT2D eigenvalue weighted by Gasteiger charge is -2.34. The Hall–Kier alpha value is -2.58. The van der Waals surface area contributed by atoms with Crippen LogP contribution in [0.25, 0.3) is 0 Å². The van der Waals surface area contributed by atoms with Gasteiger partial charge >= 0.3 is 0 Å². The summed E-state index contributed by atoms with van der Waals surface area (Å²) in [5.74, 6) is 0.983. The molecule has 3 rings (SSSR count). The Morgan fingerprint density at radius 1 is 0.867 bits per heavy atom. The van der Waals surface area contributed by atoms with Crippen molar-refractivity contribution in [2.45, 2.75) is 25.7 Å². The van der Waals surface area contributed by atoms with Gasteiger partial charge in [-0.2, -0.15) is 4.31 Å². The molecule has 0 unspecified atom stereocenters. The number of piperazine rings is 1. The van der Waals surface area contributed by atoms with Gasteiger partial charge in [-0.15, -0.1) is 0 Å². The van der Waals surface area contributed by atoms with Crippen LogP contribution in [-0.2, 0) is 10.0 Å². The van der Waals surface area contributed by atoms with Crippen LogP contribution >= 0.6 is 0 Å². The molecule has 0 bridgehead atoms. The molecule has 0 spiro atoms. The van der Waals surface area contributed by atoms with Crippen LogP contribution in [0.1, 0.15) is 27.0 Å². The molecule has 7 nitrogen and oxygen atoms in total. The van der Waals surface area contributed by atoms with E-state index < -0.39 is 10.0 Å². The summed E-state index contributed by atoms with van der Waals surface area (Å²) in [5, 5.41) is 0. The zero-order chi connectivity index (χ0) is 22.1. The van der Waals surface area contributed by atoms with Crippen molar-refractivity contribution in [3.8, 4) is 11.5 Å². The molecule has 1 fully saturated rings. The average molecular weight is 433 g/mol. The minimum Gasteiger partial charge on any atom is -0.496 e. The lowest BCUT2D eigenvalue weighted by atomic mass is 10.1. The first-order valence-electron chi connectivity index (χ1n) is 9.78. The van der Waals surface area contributed by atoms with Crippen LogP contribution in [0.5, 0.6) is 11.5 Å². The third-order valence-corrected chi connectivity index (χ3v) is 7.54. The van der Waals surface area contributed by atoms with Gasteiger partial charge in [-0.3, -0.25) is 4.79 Å². The zero-order valence-electron chi connectivity index (χ0n) is 18.1. The van der Waals surface area contributed by atoms with Crippen LogP contribution in [0.3, 0.4) is 0 Å². The van der Waals surface area contributed by atoms with Gasteiger partial charge in [0, 0.05) is 37.3 Å². The number of sulfonamides is 1. The summed E-state index contributed by atoms with van der Waals surface area (Å²) in [6.07, 6.45) is 0. The van der Waals surface area contributed by atoms with Crippen molar-refractivity contribution in [1.82, 2.24) is 9.21 Å². The topological polar surface area (TPSA) is 76.2 Å². The fraction of sp³-hybridized carbons (Fsp3) is 0.409. The number of carbonyl (C=O) groups is 1. The fourth-order valence-corrected chi connectivity index (χ4v) is 5.06. The molecule has 2 aromatic carbocycles. The predicted octanol–water partition coefficient (Wildman–Crippen LogP) is 2.78. The number of carbonyl (C=O) groups excluding carboxylic acids is 1. The highest BCUT2D eigenvalue weighted by Crippen LogP contribution is 2.30. The van der Waals surface area contributed by atoms with Crippen molar-refractivity contribution in [1.29, 1.82) is 0 Å². The molecule has 1 saturated heterocycles. The Morgan fingerprint density at radius 3 is 1.93 bits per heavy atom. The molecule has 0 atom stereocenters. The molecule has 8 heteroatoms. The van der Waals surface area contributed by atoms with E-state index in [0.717, 1.165) is 16.7 Å². The first-order chi connectivity index (χ1) is 14.2. The highest BCUT2D eigenvalue weighted by atomic mass is 32.2. The van der Waals surface area contributed by atoms with Gasteiger partial charge in [-0.05, 0) is 56.2 Å². The van der Waals surface area contributed by atoms with E-state index in [9.17, 15) is 13.2 Å². The maximum absolute atomic E-state index is 13.0. The van der Waals surface area contributed by atoms with Crippen molar-refractivity contribution < 1.29 is 22.7 Å². The first kappa shape index (κ1) is 22.1. The summed E-state index contributed by atoms with van der Waals surface area (Å²) in [6.45, 7) is 6.85. The molecule has 162 valence electrons. The molecule has 1 heterocycles. The lowest BCUT2D eigenvalue weighted by Crippen LogP contribution is -2.50. The summed E-state index contributed by atoms with van der Waals surface area (Å²) < 4.78 is 38.1. The Balaban J connectivity index is 1.75. The van der Waals surface area contributed by atoms with E-state index in [1.165, 1.54) is 4.31 Å². The Bertz CT molecular complexity index is 1030. The number of rotatable bonds is 5. The summed E-state index contributed by atoms with van der Waals surface area (Å²) in [4.78, 5) is 15.0. The Labute approximate surface area is 178 Å². The summed E-state index contributed by atoms with van der Waals surface area (Å²) >= 11 is 0. The summed E-state index contributed by atoms with van der Waals surface area (Å²) in [5.41, 5.74) is 3.26. The van der Waals surface area contributed by atoms with E-state index >= 15 is 0 Å². The number of nitrogens with zero attached hydrogens (tertiary/aromatic N) is 2. The molecule has 1 amide bonds. The maximum atomic E-state index is 13.0. The van der Waals surface area contributed by atoms with E-state index in [1.54, 1.807) is 43.4 Å². The SMILES string of the molecule is COc1cc(C(=O)N2CCN(S(=O)(=O)c3ccc(C)c(C)c3)CC2)cc(OC)c1C. The second-order valence-corrected chi connectivity index (χ2v) is 9.39. The van der Waals surface area contributed by atoms with Crippen LogP contribution in [0.4, 0.5) is 0 Å². The van der Waals surface area contributed by atoms with Crippen molar-refractivity contribution >= 4 is 15.9 Å². The second kappa shape index (κ2) is 8.65. The number of hydrogen-bond donors (Lipinski definition) is 0. The molecule has 0 N–H and O–H groups in total. The van der Waals surface area contributed by atoms with Gasteiger partial charge < -0.3 is 14.4 Å². The smallest absolute Gasteiger partial charge is 0.254 e. The second-order valence-electron chi connectivity index (χ2n) is 7.45. The van der Waals surface area contributed by atoms with Gasteiger partial charge in [-0.25, -0.2) is 8.42 Å². The minimum atomic E-state index is -3.59.